The first-order chi connectivity index (χ1) is 13.7. The second-order valence-corrected chi connectivity index (χ2v) is 7.30. The van der Waals surface area contributed by atoms with Crippen LogP contribution in [0.3, 0.4) is 0 Å². The molecule has 3 aromatic rings. The van der Waals surface area contributed by atoms with Gasteiger partial charge in [-0.05, 0) is 60.4 Å². The van der Waals surface area contributed by atoms with Crippen LogP contribution in [0.2, 0.25) is 0 Å². The highest BCUT2D eigenvalue weighted by molar-refractivity contribution is 5.50. The summed E-state index contributed by atoms with van der Waals surface area (Å²) in [4.78, 5) is 0. The van der Waals surface area contributed by atoms with E-state index in [0.717, 1.165) is 35.5 Å². The van der Waals surface area contributed by atoms with Crippen molar-refractivity contribution < 1.29 is 13.9 Å². The summed E-state index contributed by atoms with van der Waals surface area (Å²) >= 11 is 0. The van der Waals surface area contributed by atoms with Crippen LogP contribution in [0.5, 0.6) is 11.5 Å². The van der Waals surface area contributed by atoms with E-state index >= 15 is 0 Å². The van der Waals surface area contributed by atoms with E-state index in [1.54, 1.807) is 12.1 Å². The van der Waals surface area contributed by atoms with Crippen molar-refractivity contribution in [1.29, 1.82) is 0 Å². The Morgan fingerprint density at radius 1 is 0.857 bits per heavy atom. The lowest BCUT2D eigenvalue weighted by molar-refractivity contribution is 0.0928. The normalized spacial score (nSPS) is 14.9. The maximum absolute atomic E-state index is 13.0. The zero-order valence-corrected chi connectivity index (χ0v) is 15.7. The van der Waals surface area contributed by atoms with Gasteiger partial charge in [0.2, 0.25) is 0 Å². The first-order valence-electron chi connectivity index (χ1n) is 9.55. The minimum Gasteiger partial charge on any atom is -0.457 e. The van der Waals surface area contributed by atoms with Crippen LogP contribution in [0, 0.1) is 11.2 Å². The molecule has 1 aliphatic rings. The van der Waals surface area contributed by atoms with E-state index in [9.17, 15) is 4.39 Å². The summed E-state index contributed by atoms with van der Waals surface area (Å²) in [5.74, 6) is 1.42. The molecule has 0 aliphatic heterocycles. The highest BCUT2D eigenvalue weighted by Crippen LogP contribution is 2.47. The molecule has 4 rings (SSSR count). The van der Waals surface area contributed by atoms with Crippen molar-refractivity contribution >= 4 is 6.08 Å². The molecular weight excluding hydrogens is 351 g/mol. The standard InChI is InChI=1S/C25H23FO2/c26-22-11-9-20(10-12-22)13-14-25(15-16-25)19-27-18-21-5-4-8-24(17-21)28-23-6-2-1-3-7-23/h1-14,17H,15-16,18-19H2/b14-13+. The van der Waals surface area contributed by atoms with Crippen LogP contribution in [0.4, 0.5) is 4.39 Å². The van der Waals surface area contributed by atoms with Gasteiger partial charge in [-0.25, -0.2) is 4.39 Å². The van der Waals surface area contributed by atoms with Gasteiger partial charge < -0.3 is 9.47 Å². The van der Waals surface area contributed by atoms with Crippen molar-refractivity contribution in [3.05, 3.63) is 102 Å². The number of benzene rings is 3. The fraction of sp³-hybridized carbons (Fsp3) is 0.200. The fourth-order valence-electron chi connectivity index (χ4n) is 3.06. The van der Waals surface area contributed by atoms with Crippen LogP contribution in [0.1, 0.15) is 24.0 Å². The molecule has 0 bridgehead atoms. The van der Waals surface area contributed by atoms with Crippen molar-refractivity contribution in [1.82, 2.24) is 0 Å². The monoisotopic (exact) mass is 374 g/mol. The first-order valence-corrected chi connectivity index (χ1v) is 9.55. The van der Waals surface area contributed by atoms with Gasteiger partial charge in [0.05, 0.1) is 13.2 Å². The number of hydrogen-bond donors (Lipinski definition) is 0. The Bertz CT molecular complexity index is 928. The lowest BCUT2D eigenvalue weighted by Crippen LogP contribution is -2.07. The Kier molecular flexibility index (Phi) is 5.54. The highest BCUT2D eigenvalue weighted by Gasteiger charge is 2.40. The van der Waals surface area contributed by atoms with Crippen LogP contribution in [0.15, 0.2) is 84.9 Å². The lowest BCUT2D eigenvalue weighted by atomic mass is 10.1. The number of rotatable bonds is 8. The molecule has 0 heterocycles. The summed E-state index contributed by atoms with van der Waals surface area (Å²) in [7, 11) is 0. The molecule has 3 aromatic carbocycles. The average molecular weight is 374 g/mol. The van der Waals surface area contributed by atoms with Gasteiger partial charge in [-0.15, -0.1) is 0 Å². The molecule has 0 radical (unpaired) electrons. The minimum atomic E-state index is -0.208. The Morgan fingerprint density at radius 3 is 2.36 bits per heavy atom. The maximum atomic E-state index is 13.0. The Hall–Kier alpha value is -2.91. The summed E-state index contributed by atoms with van der Waals surface area (Å²) in [6, 6.07) is 24.3. The molecule has 142 valence electrons. The SMILES string of the molecule is Fc1ccc(/C=C/C2(COCc3cccc(Oc4ccccc4)c3)CC2)cc1. The van der Waals surface area contributed by atoms with Crippen molar-refractivity contribution in [2.45, 2.75) is 19.4 Å². The molecule has 0 saturated heterocycles. The summed E-state index contributed by atoms with van der Waals surface area (Å²) in [5, 5.41) is 0. The average Bonchev–Trinajstić information content (AvgIpc) is 3.49. The Balaban J connectivity index is 1.30. The molecular formula is C25H23FO2. The number of halogens is 1. The molecule has 0 aromatic heterocycles. The molecule has 0 spiro atoms. The molecule has 0 amide bonds. The summed E-state index contributed by atoms with van der Waals surface area (Å²) in [5.41, 5.74) is 2.22. The van der Waals surface area contributed by atoms with Crippen LogP contribution >= 0.6 is 0 Å². The third-order valence-electron chi connectivity index (χ3n) is 4.93. The third kappa shape index (κ3) is 5.08. The van der Waals surface area contributed by atoms with Crippen molar-refractivity contribution in [2.24, 2.45) is 5.41 Å². The highest BCUT2D eigenvalue weighted by atomic mass is 19.1. The van der Waals surface area contributed by atoms with E-state index < -0.39 is 0 Å². The van der Waals surface area contributed by atoms with Gasteiger partial charge in [0.1, 0.15) is 17.3 Å². The number of hydrogen-bond acceptors (Lipinski definition) is 2. The molecule has 1 saturated carbocycles. The smallest absolute Gasteiger partial charge is 0.127 e. The van der Waals surface area contributed by atoms with E-state index in [1.807, 2.05) is 54.6 Å². The van der Waals surface area contributed by atoms with Crippen molar-refractivity contribution in [3.8, 4) is 11.5 Å². The van der Waals surface area contributed by atoms with Crippen LogP contribution in [-0.2, 0) is 11.3 Å². The predicted molar refractivity (Wildman–Crippen MR) is 110 cm³/mol. The molecule has 1 aliphatic carbocycles. The fourth-order valence-corrected chi connectivity index (χ4v) is 3.06. The molecule has 0 N–H and O–H groups in total. The molecule has 0 unspecified atom stereocenters. The zero-order chi connectivity index (χ0) is 19.2. The van der Waals surface area contributed by atoms with E-state index in [2.05, 4.69) is 12.2 Å². The summed E-state index contributed by atoms with van der Waals surface area (Å²) < 4.78 is 24.9. The second kappa shape index (κ2) is 8.41. The van der Waals surface area contributed by atoms with Gasteiger partial charge in [-0.1, -0.05) is 54.6 Å². The van der Waals surface area contributed by atoms with E-state index in [0.29, 0.717) is 13.2 Å². The van der Waals surface area contributed by atoms with E-state index in [4.69, 9.17) is 9.47 Å². The first kappa shape index (κ1) is 18.5. The second-order valence-electron chi connectivity index (χ2n) is 7.30. The van der Waals surface area contributed by atoms with Crippen LogP contribution in [-0.4, -0.2) is 6.61 Å². The number of ether oxygens (including phenoxy) is 2. The van der Waals surface area contributed by atoms with Gasteiger partial charge in [-0.3, -0.25) is 0 Å². The van der Waals surface area contributed by atoms with Gasteiger partial charge in [0.15, 0.2) is 0 Å². The molecule has 0 atom stereocenters. The Morgan fingerprint density at radius 2 is 1.61 bits per heavy atom. The molecule has 3 heteroatoms. The summed E-state index contributed by atoms with van der Waals surface area (Å²) in [6.45, 7) is 1.24. The minimum absolute atomic E-state index is 0.118. The van der Waals surface area contributed by atoms with E-state index in [-0.39, 0.29) is 11.2 Å². The van der Waals surface area contributed by atoms with Crippen molar-refractivity contribution in [2.75, 3.05) is 6.61 Å². The topological polar surface area (TPSA) is 18.5 Å². The third-order valence-corrected chi connectivity index (χ3v) is 4.93. The lowest BCUT2D eigenvalue weighted by Gasteiger charge is -2.12. The molecule has 28 heavy (non-hydrogen) atoms. The van der Waals surface area contributed by atoms with Gasteiger partial charge >= 0.3 is 0 Å². The summed E-state index contributed by atoms with van der Waals surface area (Å²) in [6.07, 6.45) is 6.52. The Labute approximate surface area is 165 Å². The predicted octanol–water partition coefficient (Wildman–Crippen LogP) is 6.63. The van der Waals surface area contributed by atoms with Crippen molar-refractivity contribution in [3.63, 3.8) is 0 Å². The van der Waals surface area contributed by atoms with Gasteiger partial charge in [0.25, 0.3) is 0 Å². The maximum Gasteiger partial charge on any atom is 0.127 e. The zero-order valence-electron chi connectivity index (χ0n) is 15.7. The largest absolute Gasteiger partial charge is 0.457 e. The van der Waals surface area contributed by atoms with Crippen LogP contribution < -0.4 is 4.74 Å². The quantitative estimate of drug-likeness (QED) is 0.441. The van der Waals surface area contributed by atoms with Gasteiger partial charge in [-0.2, -0.15) is 0 Å². The van der Waals surface area contributed by atoms with E-state index in [1.165, 1.54) is 12.1 Å². The number of para-hydroxylation sites is 1. The molecule has 1 fully saturated rings. The van der Waals surface area contributed by atoms with Gasteiger partial charge in [0, 0.05) is 5.41 Å². The van der Waals surface area contributed by atoms with Crippen LogP contribution in [0.25, 0.3) is 6.08 Å². The molecule has 2 nitrogen and oxygen atoms in total.